The number of hydrogen-bond donors (Lipinski definition) is 2. The summed E-state index contributed by atoms with van der Waals surface area (Å²) in [4.78, 5) is 12.4. The molecular weight excluding hydrogens is 372 g/mol. The molecular formula is C19H23ClN2O3S. The lowest BCUT2D eigenvalue weighted by Crippen LogP contribution is -2.40. The lowest BCUT2D eigenvalue weighted by molar-refractivity contribution is 0.0939. The van der Waals surface area contributed by atoms with Crippen molar-refractivity contribution >= 4 is 27.5 Å². The van der Waals surface area contributed by atoms with E-state index in [9.17, 15) is 13.2 Å². The van der Waals surface area contributed by atoms with Gasteiger partial charge in [-0.1, -0.05) is 41.9 Å². The third-order valence-electron chi connectivity index (χ3n) is 3.57. The maximum atomic E-state index is 12.6. The average molecular weight is 395 g/mol. The SMILES string of the molecule is C[C@@H](NC(=O)c1ccc(Cl)c(S(=O)(=O)NC(C)(C)C)c1)c1ccccc1. The molecule has 2 aromatic rings. The summed E-state index contributed by atoms with van der Waals surface area (Å²) < 4.78 is 27.7. The minimum absolute atomic E-state index is 0.0643. The van der Waals surface area contributed by atoms with Crippen molar-refractivity contribution < 1.29 is 13.2 Å². The molecule has 0 aliphatic heterocycles. The van der Waals surface area contributed by atoms with Crippen LogP contribution in [0.1, 0.15) is 49.7 Å². The Bertz CT molecular complexity index is 891. The van der Waals surface area contributed by atoms with Crippen molar-refractivity contribution in [2.45, 2.75) is 44.2 Å². The predicted octanol–water partition coefficient (Wildman–Crippen LogP) is 3.91. The number of benzene rings is 2. The maximum Gasteiger partial charge on any atom is 0.251 e. The van der Waals surface area contributed by atoms with Crippen LogP contribution in [0.5, 0.6) is 0 Å². The second-order valence-corrected chi connectivity index (χ2v) is 9.16. The Hall–Kier alpha value is -1.89. The second-order valence-electron chi connectivity index (χ2n) is 7.11. The zero-order valence-corrected chi connectivity index (χ0v) is 16.8. The van der Waals surface area contributed by atoms with Gasteiger partial charge in [-0.2, -0.15) is 0 Å². The number of carbonyl (C=O) groups excluding carboxylic acids is 1. The summed E-state index contributed by atoms with van der Waals surface area (Å²) in [6.45, 7) is 7.06. The van der Waals surface area contributed by atoms with E-state index in [0.29, 0.717) is 0 Å². The molecule has 0 saturated heterocycles. The summed E-state index contributed by atoms with van der Waals surface area (Å²) in [6, 6.07) is 13.5. The molecule has 0 unspecified atom stereocenters. The molecule has 0 saturated carbocycles. The number of amides is 1. The Balaban J connectivity index is 2.27. The molecule has 0 bridgehead atoms. The number of sulfonamides is 1. The van der Waals surface area contributed by atoms with Gasteiger partial charge in [-0.25, -0.2) is 13.1 Å². The van der Waals surface area contributed by atoms with E-state index in [4.69, 9.17) is 11.6 Å². The van der Waals surface area contributed by atoms with E-state index in [1.54, 1.807) is 20.8 Å². The van der Waals surface area contributed by atoms with Gasteiger partial charge < -0.3 is 5.32 Å². The summed E-state index contributed by atoms with van der Waals surface area (Å²) in [5.41, 5.74) is 0.519. The molecule has 7 heteroatoms. The van der Waals surface area contributed by atoms with Gasteiger partial charge >= 0.3 is 0 Å². The van der Waals surface area contributed by atoms with Gasteiger partial charge in [-0.05, 0) is 51.5 Å². The Labute approximate surface area is 159 Å². The zero-order chi connectivity index (χ0) is 19.5. The largest absolute Gasteiger partial charge is 0.346 e. The van der Waals surface area contributed by atoms with E-state index in [1.165, 1.54) is 18.2 Å². The fraction of sp³-hybridized carbons (Fsp3) is 0.316. The van der Waals surface area contributed by atoms with Gasteiger partial charge in [0, 0.05) is 11.1 Å². The van der Waals surface area contributed by atoms with Gasteiger partial charge in [-0.3, -0.25) is 4.79 Å². The molecule has 2 rings (SSSR count). The van der Waals surface area contributed by atoms with Gasteiger partial charge in [-0.15, -0.1) is 0 Å². The smallest absolute Gasteiger partial charge is 0.251 e. The summed E-state index contributed by atoms with van der Waals surface area (Å²) in [5.74, 6) is -0.370. The number of halogens is 1. The van der Waals surface area contributed by atoms with Crippen LogP contribution in [-0.2, 0) is 10.0 Å². The van der Waals surface area contributed by atoms with Crippen LogP contribution in [0.3, 0.4) is 0 Å². The first-order valence-electron chi connectivity index (χ1n) is 8.19. The highest BCUT2D eigenvalue weighted by molar-refractivity contribution is 7.89. The number of carbonyl (C=O) groups is 1. The number of hydrogen-bond acceptors (Lipinski definition) is 3. The minimum Gasteiger partial charge on any atom is -0.346 e. The van der Waals surface area contributed by atoms with Crippen molar-refractivity contribution in [1.29, 1.82) is 0 Å². The first-order chi connectivity index (χ1) is 12.0. The predicted molar refractivity (Wildman–Crippen MR) is 104 cm³/mol. The average Bonchev–Trinajstić information content (AvgIpc) is 2.53. The molecule has 0 aliphatic rings. The van der Waals surface area contributed by atoms with E-state index in [-0.39, 0.29) is 27.4 Å². The van der Waals surface area contributed by atoms with Gasteiger partial charge in [0.25, 0.3) is 5.91 Å². The quantitative estimate of drug-likeness (QED) is 0.807. The summed E-state index contributed by atoms with van der Waals surface area (Å²) in [7, 11) is -3.85. The van der Waals surface area contributed by atoms with E-state index < -0.39 is 15.6 Å². The van der Waals surface area contributed by atoms with Crippen LogP contribution in [-0.4, -0.2) is 19.9 Å². The highest BCUT2D eigenvalue weighted by atomic mass is 35.5. The second kappa shape index (κ2) is 7.78. The molecule has 0 radical (unpaired) electrons. The maximum absolute atomic E-state index is 12.6. The lowest BCUT2D eigenvalue weighted by Gasteiger charge is -2.21. The standard InChI is InChI=1S/C19H23ClN2O3S/c1-13(14-8-6-5-7-9-14)21-18(23)15-10-11-16(20)17(12-15)26(24,25)22-19(2,3)4/h5-13,22H,1-4H3,(H,21,23)/t13-/m1/s1. The van der Waals surface area contributed by atoms with Crippen LogP contribution < -0.4 is 10.0 Å². The molecule has 1 amide bonds. The molecule has 1 atom stereocenters. The summed E-state index contributed by atoms with van der Waals surface area (Å²) in [6.07, 6.45) is 0. The molecule has 26 heavy (non-hydrogen) atoms. The normalized spacial score (nSPS) is 13.3. The Morgan fingerprint density at radius 2 is 1.69 bits per heavy atom. The van der Waals surface area contributed by atoms with E-state index >= 15 is 0 Å². The Kier molecular flexibility index (Phi) is 6.11. The van der Waals surface area contributed by atoms with Crippen LogP contribution in [0.2, 0.25) is 5.02 Å². The molecule has 0 aliphatic carbocycles. The van der Waals surface area contributed by atoms with Crippen molar-refractivity contribution in [2.75, 3.05) is 0 Å². The van der Waals surface area contributed by atoms with E-state index in [2.05, 4.69) is 10.0 Å². The molecule has 0 heterocycles. The van der Waals surface area contributed by atoms with Crippen LogP contribution in [0.15, 0.2) is 53.4 Å². The van der Waals surface area contributed by atoms with Gasteiger partial charge in [0.05, 0.1) is 11.1 Å². The monoisotopic (exact) mass is 394 g/mol. The fourth-order valence-electron chi connectivity index (χ4n) is 2.41. The first-order valence-corrected chi connectivity index (χ1v) is 10.0. The summed E-state index contributed by atoms with van der Waals surface area (Å²) in [5, 5.41) is 2.93. The summed E-state index contributed by atoms with van der Waals surface area (Å²) >= 11 is 6.07. The number of rotatable bonds is 5. The number of nitrogens with one attached hydrogen (secondary N) is 2. The highest BCUT2D eigenvalue weighted by Gasteiger charge is 2.25. The third kappa shape index (κ3) is 5.30. The van der Waals surface area contributed by atoms with Gasteiger partial charge in [0.15, 0.2) is 0 Å². The molecule has 2 aromatic carbocycles. The zero-order valence-electron chi connectivity index (χ0n) is 15.2. The highest BCUT2D eigenvalue weighted by Crippen LogP contribution is 2.24. The van der Waals surface area contributed by atoms with Crippen molar-refractivity contribution in [3.63, 3.8) is 0 Å². The van der Waals surface area contributed by atoms with Crippen LogP contribution >= 0.6 is 11.6 Å². The molecule has 0 spiro atoms. The van der Waals surface area contributed by atoms with Crippen LogP contribution in [0.25, 0.3) is 0 Å². The van der Waals surface area contributed by atoms with E-state index in [0.717, 1.165) is 5.56 Å². The van der Waals surface area contributed by atoms with Crippen LogP contribution in [0.4, 0.5) is 0 Å². The van der Waals surface area contributed by atoms with Crippen molar-refractivity contribution in [2.24, 2.45) is 0 Å². The van der Waals surface area contributed by atoms with E-state index in [1.807, 2.05) is 37.3 Å². The molecule has 2 N–H and O–H groups in total. The van der Waals surface area contributed by atoms with Crippen molar-refractivity contribution in [3.05, 3.63) is 64.7 Å². The molecule has 0 fully saturated rings. The fourth-order valence-corrected chi connectivity index (χ4v) is 4.36. The Morgan fingerprint density at radius 3 is 2.27 bits per heavy atom. The Morgan fingerprint density at radius 1 is 1.08 bits per heavy atom. The van der Waals surface area contributed by atoms with Crippen molar-refractivity contribution in [1.82, 2.24) is 10.0 Å². The first kappa shape index (κ1) is 20.4. The molecule has 0 aromatic heterocycles. The topological polar surface area (TPSA) is 75.3 Å². The van der Waals surface area contributed by atoms with Crippen LogP contribution in [0, 0.1) is 0 Å². The minimum atomic E-state index is -3.85. The molecule has 140 valence electrons. The lowest BCUT2D eigenvalue weighted by atomic mass is 10.1. The van der Waals surface area contributed by atoms with Gasteiger partial charge in [0.1, 0.15) is 4.90 Å². The van der Waals surface area contributed by atoms with Crippen molar-refractivity contribution in [3.8, 4) is 0 Å². The third-order valence-corrected chi connectivity index (χ3v) is 5.81. The molecule has 5 nitrogen and oxygen atoms in total. The van der Waals surface area contributed by atoms with Gasteiger partial charge in [0.2, 0.25) is 10.0 Å².